The summed E-state index contributed by atoms with van der Waals surface area (Å²) >= 11 is 3.26. The van der Waals surface area contributed by atoms with Crippen LogP contribution in [-0.2, 0) is 15.8 Å². The number of nitrogens with zero attached hydrogens (tertiary/aromatic N) is 2. The fourth-order valence-corrected chi connectivity index (χ4v) is 4.39. The highest BCUT2D eigenvalue weighted by Crippen LogP contribution is 2.25. The lowest BCUT2D eigenvalue weighted by Gasteiger charge is -2.10. The maximum Gasteiger partial charge on any atom is 0.213 e. The van der Waals surface area contributed by atoms with Gasteiger partial charge in [-0.2, -0.15) is 11.8 Å². The average molecular weight is 346 g/mol. The number of sulfonamides is 1. The van der Waals surface area contributed by atoms with E-state index in [1.54, 1.807) is 43.5 Å². The Morgan fingerprint density at radius 1 is 1.43 bits per heavy atom. The van der Waals surface area contributed by atoms with Gasteiger partial charge in [-0.3, -0.25) is 0 Å². The second kappa shape index (κ2) is 7.44. The molecule has 2 rings (SSSR count). The number of aromatic nitrogens is 1. The summed E-state index contributed by atoms with van der Waals surface area (Å²) in [5, 5.41) is 2.90. The second-order valence-corrected chi connectivity index (χ2v) is 8.89. The molecule has 0 bridgehead atoms. The van der Waals surface area contributed by atoms with Gasteiger partial charge >= 0.3 is 0 Å². The quantitative estimate of drug-likeness (QED) is 0.688. The maximum atomic E-state index is 11.6. The van der Waals surface area contributed by atoms with Crippen LogP contribution in [0.3, 0.4) is 0 Å². The molecule has 0 unspecified atom stereocenters. The third-order valence-corrected chi connectivity index (χ3v) is 6.68. The van der Waals surface area contributed by atoms with E-state index in [0.717, 1.165) is 28.0 Å². The highest BCUT2D eigenvalue weighted by molar-refractivity contribution is 7.98. The molecule has 0 aliphatic heterocycles. The SMILES string of the molecule is CN(C)S(=O)(=O)CCCSCc1csc(-c2ccco2)n1. The minimum Gasteiger partial charge on any atom is -0.462 e. The molecule has 0 saturated carbocycles. The molecule has 2 aromatic heterocycles. The lowest BCUT2D eigenvalue weighted by Crippen LogP contribution is -2.25. The van der Waals surface area contributed by atoms with Crippen molar-refractivity contribution in [3.63, 3.8) is 0 Å². The van der Waals surface area contributed by atoms with Gasteiger partial charge in [-0.1, -0.05) is 0 Å². The van der Waals surface area contributed by atoms with Crippen molar-refractivity contribution < 1.29 is 12.8 Å². The van der Waals surface area contributed by atoms with Gasteiger partial charge in [0, 0.05) is 25.2 Å². The summed E-state index contributed by atoms with van der Waals surface area (Å²) in [7, 11) is 0.0521. The number of rotatable bonds is 8. The molecular weight excluding hydrogens is 328 g/mol. The molecule has 0 aliphatic rings. The normalized spacial score (nSPS) is 12.1. The first kappa shape index (κ1) is 16.5. The van der Waals surface area contributed by atoms with Crippen molar-refractivity contribution in [3.05, 3.63) is 29.5 Å². The van der Waals surface area contributed by atoms with E-state index in [1.807, 2.05) is 17.5 Å². The molecule has 8 heteroatoms. The molecule has 0 atom stereocenters. The van der Waals surface area contributed by atoms with E-state index >= 15 is 0 Å². The van der Waals surface area contributed by atoms with Crippen LogP contribution in [0.1, 0.15) is 12.1 Å². The van der Waals surface area contributed by atoms with Gasteiger partial charge in [0.15, 0.2) is 10.8 Å². The van der Waals surface area contributed by atoms with Gasteiger partial charge in [0.2, 0.25) is 10.0 Å². The van der Waals surface area contributed by atoms with E-state index in [-0.39, 0.29) is 5.75 Å². The summed E-state index contributed by atoms with van der Waals surface area (Å²) in [6, 6.07) is 3.73. The summed E-state index contributed by atoms with van der Waals surface area (Å²) in [6.45, 7) is 0. The Balaban J connectivity index is 1.72. The molecule has 21 heavy (non-hydrogen) atoms. The van der Waals surface area contributed by atoms with Gasteiger partial charge < -0.3 is 4.42 Å². The van der Waals surface area contributed by atoms with Gasteiger partial charge in [-0.05, 0) is 24.3 Å². The van der Waals surface area contributed by atoms with Crippen molar-refractivity contribution in [2.24, 2.45) is 0 Å². The summed E-state index contributed by atoms with van der Waals surface area (Å²) in [6.07, 6.45) is 2.29. The average Bonchev–Trinajstić information content (AvgIpc) is 3.08. The molecule has 0 N–H and O–H groups in total. The van der Waals surface area contributed by atoms with E-state index < -0.39 is 10.0 Å². The largest absolute Gasteiger partial charge is 0.462 e. The monoisotopic (exact) mass is 346 g/mol. The zero-order chi connectivity index (χ0) is 15.3. The first-order valence-electron chi connectivity index (χ1n) is 6.45. The van der Waals surface area contributed by atoms with E-state index in [9.17, 15) is 8.42 Å². The molecule has 5 nitrogen and oxygen atoms in total. The number of hydrogen-bond donors (Lipinski definition) is 0. The molecule has 0 fully saturated rings. The summed E-state index contributed by atoms with van der Waals surface area (Å²) in [4.78, 5) is 4.50. The highest BCUT2D eigenvalue weighted by atomic mass is 32.2. The summed E-state index contributed by atoms with van der Waals surface area (Å²) in [5.41, 5.74) is 1.01. The first-order chi connectivity index (χ1) is 9.99. The van der Waals surface area contributed by atoms with Crippen LogP contribution in [0.4, 0.5) is 0 Å². The predicted molar refractivity (Wildman–Crippen MR) is 88.1 cm³/mol. The number of thioether (sulfide) groups is 1. The Kier molecular flexibility index (Phi) is 5.86. The first-order valence-corrected chi connectivity index (χ1v) is 10.1. The molecule has 0 saturated heterocycles. The van der Waals surface area contributed by atoms with Gasteiger partial charge in [-0.15, -0.1) is 11.3 Å². The molecule has 116 valence electrons. The molecular formula is C13H18N2O3S3. The van der Waals surface area contributed by atoms with Gasteiger partial charge in [-0.25, -0.2) is 17.7 Å². The van der Waals surface area contributed by atoms with Crippen molar-refractivity contribution in [2.75, 3.05) is 25.6 Å². The zero-order valence-electron chi connectivity index (χ0n) is 12.0. The minimum absolute atomic E-state index is 0.196. The fraction of sp³-hybridized carbons (Fsp3) is 0.462. The van der Waals surface area contributed by atoms with Crippen LogP contribution in [-0.4, -0.2) is 43.3 Å². The molecule has 0 amide bonds. The van der Waals surface area contributed by atoms with Crippen molar-refractivity contribution in [2.45, 2.75) is 12.2 Å². The lowest BCUT2D eigenvalue weighted by molar-refractivity contribution is 0.520. The van der Waals surface area contributed by atoms with Crippen molar-refractivity contribution in [3.8, 4) is 10.8 Å². The molecule has 2 aromatic rings. The maximum absolute atomic E-state index is 11.6. The predicted octanol–water partition coefficient (Wildman–Crippen LogP) is 2.92. The Morgan fingerprint density at radius 3 is 2.90 bits per heavy atom. The third-order valence-electron chi connectivity index (χ3n) is 2.78. The minimum atomic E-state index is -3.07. The fourth-order valence-electron chi connectivity index (χ4n) is 1.59. The van der Waals surface area contributed by atoms with Crippen LogP contribution in [0, 0.1) is 0 Å². The van der Waals surface area contributed by atoms with Crippen molar-refractivity contribution >= 4 is 33.1 Å². The van der Waals surface area contributed by atoms with E-state index in [0.29, 0.717) is 6.42 Å². The summed E-state index contributed by atoms with van der Waals surface area (Å²) in [5.74, 6) is 2.58. The standard InChI is InChI=1S/C13H18N2O3S3/c1-15(2)21(16,17)8-4-7-19-9-11-10-20-13(14-11)12-5-3-6-18-12/h3,5-6,10H,4,7-9H2,1-2H3. The second-order valence-electron chi connectivity index (χ2n) is 4.63. The Hall–Kier alpha value is -0.830. The number of furan rings is 1. The Labute approximate surface area is 133 Å². The van der Waals surface area contributed by atoms with Crippen LogP contribution in [0.15, 0.2) is 28.2 Å². The van der Waals surface area contributed by atoms with Crippen LogP contribution >= 0.6 is 23.1 Å². The lowest BCUT2D eigenvalue weighted by atomic mass is 10.5. The summed E-state index contributed by atoms with van der Waals surface area (Å²) < 4.78 is 29.8. The zero-order valence-corrected chi connectivity index (χ0v) is 14.4. The van der Waals surface area contributed by atoms with Gasteiger partial charge in [0.05, 0.1) is 17.7 Å². The highest BCUT2D eigenvalue weighted by Gasteiger charge is 2.12. The van der Waals surface area contributed by atoms with Gasteiger partial charge in [0.25, 0.3) is 0 Å². The van der Waals surface area contributed by atoms with Crippen LogP contribution < -0.4 is 0 Å². The van der Waals surface area contributed by atoms with Crippen molar-refractivity contribution in [1.82, 2.24) is 9.29 Å². The van der Waals surface area contributed by atoms with Crippen molar-refractivity contribution in [1.29, 1.82) is 0 Å². The van der Waals surface area contributed by atoms with Crippen LogP contribution in [0.25, 0.3) is 10.8 Å². The Morgan fingerprint density at radius 2 is 2.24 bits per heavy atom. The molecule has 0 aliphatic carbocycles. The van der Waals surface area contributed by atoms with Crippen LogP contribution in [0.2, 0.25) is 0 Å². The van der Waals surface area contributed by atoms with E-state index in [1.165, 1.54) is 4.31 Å². The third kappa shape index (κ3) is 4.84. The smallest absolute Gasteiger partial charge is 0.213 e. The van der Waals surface area contributed by atoms with E-state index in [2.05, 4.69) is 4.98 Å². The van der Waals surface area contributed by atoms with Crippen LogP contribution in [0.5, 0.6) is 0 Å². The Bertz CT molecular complexity index is 648. The number of hydrogen-bond acceptors (Lipinski definition) is 6. The van der Waals surface area contributed by atoms with E-state index in [4.69, 9.17) is 4.42 Å². The topological polar surface area (TPSA) is 63.4 Å². The number of thiazole rings is 1. The molecule has 0 aromatic carbocycles. The molecule has 0 spiro atoms. The molecule has 2 heterocycles. The molecule has 0 radical (unpaired) electrons. The van der Waals surface area contributed by atoms with Gasteiger partial charge in [0.1, 0.15) is 0 Å².